The van der Waals surface area contributed by atoms with Crippen LogP contribution in [0.1, 0.15) is 49.4 Å². The van der Waals surface area contributed by atoms with Crippen LogP contribution in [0.2, 0.25) is 0 Å². The molecular formula is C17H25N3O3. The van der Waals surface area contributed by atoms with Crippen molar-refractivity contribution in [1.29, 1.82) is 0 Å². The Morgan fingerprint density at radius 3 is 2.61 bits per heavy atom. The van der Waals surface area contributed by atoms with Crippen LogP contribution in [0, 0.1) is 10.1 Å². The summed E-state index contributed by atoms with van der Waals surface area (Å²) in [7, 11) is 1.74. The predicted octanol–water partition coefficient (Wildman–Crippen LogP) is 3.46. The fraction of sp³-hybridized carbons (Fsp3) is 0.588. The first-order valence-electron chi connectivity index (χ1n) is 8.33. The Labute approximate surface area is 137 Å². The number of anilines is 1. The summed E-state index contributed by atoms with van der Waals surface area (Å²) in [6.07, 6.45) is 5.21. The van der Waals surface area contributed by atoms with E-state index < -0.39 is 0 Å². The third-order valence-electron chi connectivity index (χ3n) is 4.31. The Kier molecular flexibility index (Phi) is 5.96. The highest BCUT2D eigenvalue weighted by Crippen LogP contribution is 2.31. The number of nitro benzene ring substituents is 1. The molecule has 1 aliphatic heterocycles. The molecule has 0 bridgehead atoms. The van der Waals surface area contributed by atoms with Gasteiger partial charge >= 0.3 is 0 Å². The molecule has 0 saturated carbocycles. The Balaban J connectivity index is 2.24. The maximum atomic E-state index is 12.4. The van der Waals surface area contributed by atoms with Gasteiger partial charge in [-0.05, 0) is 37.8 Å². The van der Waals surface area contributed by atoms with E-state index >= 15 is 0 Å². The van der Waals surface area contributed by atoms with Gasteiger partial charge < -0.3 is 9.80 Å². The molecule has 1 heterocycles. The molecular weight excluding hydrogens is 294 g/mol. The van der Waals surface area contributed by atoms with E-state index in [0.717, 1.165) is 38.8 Å². The van der Waals surface area contributed by atoms with Crippen LogP contribution in [-0.4, -0.2) is 42.4 Å². The van der Waals surface area contributed by atoms with Gasteiger partial charge in [0.1, 0.15) is 5.69 Å². The molecule has 0 aromatic heterocycles. The first-order chi connectivity index (χ1) is 11.0. The lowest BCUT2D eigenvalue weighted by Gasteiger charge is -2.28. The van der Waals surface area contributed by atoms with Crippen molar-refractivity contribution < 1.29 is 9.72 Å². The summed E-state index contributed by atoms with van der Waals surface area (Å²) in [6.45, 7) is 4.41. The number of unbranched alkanes of at least 4 members (excludes halogenated alkanes) is 1. The Morgan fingerprint density at radius 2 is 2.00 bits per heavy atom. The van der Waals surface area contributed by atoms with Gasteiger partial charge in [0.25, 0.3) is 11.6 Å². The van der Waals surface area contributed by atoms with Gasteiger partial charge in [0.15, 0.2) is 0 Å². The minimum Gasteiger partial charge on any atom is -0.366 e. The van der Waals surface area contributed by atoms with Gasteiger partial charge in [-0.25, -0.2) is 0 Å². The molecule has 1 amide bonds. The monoisotopic (exact) mass is 319 g/mol. The third-order valence-corrected chi connectivity index (χ3v) is 4.31. The van der Waals surface area contributed by atoms with Crippen molar-refractivity contribution in [2.45, 2.75) is 39.0 Å². The topological polar surface area (TPSA) is 66.7 Å². The highest BCUT2D eigenvalue weighted by Gasteiger charge is 2.23. The van der Waals surface area contributed by atoms with Crippen molar-refractivity contribution in [1.82, 2.24) is 4.90 Å². The number of nitrogens with zero attached hydrogens (tertiary/aromatic N) is 3. The molecule has 0 N–H and O–H groups in total. The quantitative estimate of drug-likeness (QED) is 0.595. The van der Waals surface area contributed by atoms with E-state index in [2.05, 4.69) is 11.8 Å². The molecule has 0 aliphatic carbocycles. The summed E-state index contributed by atoms with van der Waals surface area (Å²) in [5.74, 6) is -0.160. The van der Waals surface area contributed by atoms with Gasteiger partial charge in [-0.15, -0.1) is 0 Å². The smallest absolute Gasteiger partial charge is 0.293 e. The Bertz CT molecular complexity index is 568. The van der Waals surface area contributed by atoms with Crippen LogP contribution < -0.4 is 4.90 Å². The van der Waals surface area contributed by atoms with Gasteiger partial charge in [-0.1, -0.05) is 13.3 Å². The molecule has 1 aromatic rings. The normalized spacial score (nSPS) is 14.6. The summed E-state index contributed by atoms with van der Waals surface area (Å²) >= 11 is 0. The summed E-state index contributed by atoms with van der Waals surface area (Å²) in [5.41, 5.74) is 1.04. The van der Waals surface area contributed by atoms with Gasteiger partial charge in [-0.2, -0.15) is 0 Å². The van der Waals surface area contributed by atoms with Gasteiger partial charge in [0.2, 0.25) is 0 Å². The van der Waals surface area contributed by atoms with E-state index in [1.165, 1.54) is 12.5 Å². The van der Waals surface area contributed by atoms with E-state index in [1.54, 1.807) is 24.1 Å². The maximum Gasteiger partial charge on any atom is 0.293 e. The van der Waals surface area contributed by atoms with Gasteiger partial charge in [0, 0.05) is 38.3 Å². The number of hydrogen-bond donors (Lipinski definition) is 0. The molecule has 6 heteroatoms. The molecule has 23 heavy (non-hydrogen) atoms. The largest absolute Gasteiger partial charge is 0.366 e. The van der Waals surface area contributed by atoms with Crippen LogP contribution in [0.4, 0.5) is 11.4 Å². The van der Waals surface area contributed by atoms with E-state index in [1.807, 2.05) is 0 Å². The molecule has 0 atom stereocenters. The van der Waals surface area contributed by atoms with Crippen LogP contribution in [0.25, 0.3) is 0 Å². The molecule has 0 unspecified atom stereocenters. The fourth-order valence-electron chi connectivity index (χ4n) is 2.92. The highest BCUT2D eigenvalue weighted by atomic mass is 16.6. The molecule has 1 fully saturated rings. The number of nitro groups is 1. The van der Waals surface area contributed by atoms with E-state index in [0.29, 0.717) is 17.8 Å². The first-order valence-corrected chi connectivity index (χ1v) is 8.33. The Morgan fingerprint density at radius 1 is 1.30 bits per heavy atom. The average Bonchev–Trinajstić information content (AvgIpc) is 2.59. The van der Waals surface area contributed by atoms with Crippen molar-refractivity contribution in [2.75, 3.05) is 31.6 Å². The maximum absolute atomic E-state index is 12.4. The molecule has 2 rings (SSSR count). The number of carbonyl (C=O) groups excluding carboxylic acids is 1. The van der Waals surface area contributed by atoms with E-state index in [9.17, 15) is 14.9 Å². The molecule has 126 valence electrons. The average molecular weight is 319 g/mol. The standard InChI is InChI=1S/C17H25N3O3/c1-3-4-10-18(2)17(21)14-8-9-15(16(13-14)20(22)23)19-11-6-5-7-12-19/h8-9,13H,3-7,10-12H2,1-2H3. The zero-order chi connectivity index (χ0) is 16.8. The second-order valence-electron chi connectivity index (χ2n) is 6.09. The number of piperidine rings is 1. The van der Waals surface area contributed by atoms with Crippen molar-refractivity contribution >= 4 is 17.3 Å². The number of carbonyl (C=O) groups is 1. The van der Waals surface area contributed by atoms with Crippen LogP contribution >= 0.6 is 0 Å². The van der Waals surface area contributed by atoms with Gasteiger partial charge in [0.05, 0.1) is 4.92 Å². The molecule has 1 aromatic carbocycles. The summed E-state index contributed by atoms with van der Waals surface area (Å²) in [6, 6.07) is 4.86. The van der Waals surface area contributed by atoms with E-state index in [4.69, 9.17) is 0 Å². The lowest BCUT2D eigenvalue weighted by Crippen LogP contribution is -2.30. The van der Waals surface area contributed by atoms with E-state index in [-0.39, 0.29) is 16.5 Å². The molecule has 0 radical (unpaired) electrons. The number of amides is 1. The molecule has 1 aliphatic rings. The van der Waals surface area contributed by atoms with Crippen molar-refractivity contribution in [3.8, 4) is 0 Å². The number of hydrogen-bond acceptors (Lipinski definition) is 4. The summed E-state index contributed by atoms with van der Waals surface area (Å²) < 4.78 is 0. The minimum atomic E-state index is -0.382. The lowest BCUT2D eigenvalue weighted by atomic mass is 10.1. The molecule has 6 nitrogen and oxygen atoms in total. The number of rotatable bonds is 6. The van der Waals surface area contributed by atoms with Crippen molar-refractivity contribution in [2.24, 2.45) is 0 Å². The van der Waals surface area contributed by atoms with Crippen LogP contribution in [0.15, 0.2) is 18.2 Å². The SMILES string of the molecule is CCCCN(C)C(=O)c1ccc(N2CCCCC2)c([N+](=O)[O-])c1. The fourth-order valence-corrected chi connectivity index (χ4v) is 2.92. The van der Waals surface area contributed by atoms with Crippen molar-refractivity contribution in [3.05, 3.63) is 33.9 Å². The van der Waals surface area contributed by atoms with Crippen LogP contribution in [0.3, 0.4) is 0 Å². The van der Waals surface area contributed by atoms with Crippen LogP contribution in [-0.2, 0) is 0 Å². The Hall–Kier alpha value is -2.11. The number of benzene rings is 1. The molecule has 0 spiro atoms. The van der Waals surface area contributed by atoms with Crippen LogP contribution in [0.5, 0.6) is 0 Å². The second kappa shape index (κ2) is 7.94. The second-order valence-corrected chi connectivity index (χ2v) is 6.09. The third kappa shape index (κ3) is 4.21. The minimum absolute atomic E-state index is 0.0293. The predicted molar refractivity (Wildman–Crippen MR) is 91.0 cm³/mol. The lowest BCUT2D eigenvalue weighted by molar-refractivity contribution is -0.384. The zero-order valence-electron chi connectivity index (χ0n) is 14.0. The highest BCUT2D eigenvalue weighted by molar-refractivity contribution is 5.95. The van der Waals surface area contributed by atoms with Crippen molar-refractivity contribution in [3.63, 3.8) is 0 Å². The zero-order valence-corrected chi connectivity index (χ0v) is 14.0. The molecule has 1 saturated heterocycles. The van der Waals surface area contributed by atoms with Gasteiger partial charge in [-0.3, -0.25) is 14.9 Å². The summed E-state index contributed by atoms with van der Waals surface area (Å²) in [5, 5.41) is 11.4. The first kappa shape index (κ1) is 17.2. The summed E-state index contributed by atoms with van der Waals surface area (Å²) in [4.78, 5) is 27.1.